The van der Waals surface area contributed by atoms with Crippen LogP contribution < -0.4 is 10.6 Å². The third-order valence-corrected chi connectivity index (χ3v) is 8.42. The minimum atomic E-state index is -3.64. The van der Waals surface area contributed by atoms with E-state index >= 15 is 0 Å². The summed E-state index contributed by atoms with van der Waals surface area (Å²) in [6.45, 7) is 8.19. The number of rotatable bonds is 6. The fourth-order valence-corrected chi connectivity index (χ4v) is 6.22. The number of anilines is 1. The van der Waals surface area contributed by atoms with E-state index in [0.29, 0.717) is 23.5 Å². The van der Waals surface area contributed by atoms with Crippen LogP contribution >= 0.6 is 0 Å². The Hall–Kier alpha value is -2.71. The molecule has 1 heterocycles. The van der Waals surface area contributed by atoms with E-state index in [9.17, 15) is 18.0 Å². The Morgan fingerprint density at radius 3 is 2.52 bits per heavy atom. The van der Waals surface area contributed by atoms with Gasteiger partial charge in [0.1, 0.15) is 0 Å². The zero-order chi connectivity index (χ0) is 24.2. The molecule has 0 aliphatic carbocycles. The molecule has 1 aliphatic rings. The maximum Gasteiger partial charge on any atom is 0.313 e. The van der Waals surface area contributed by atoms with E-state index in [4.69, 9.17) is 0 Å². The van der Waals surface area contributed by atoms with Gasteiger partial charge in [-0.2, -0.15) is 4.31 Å². The van der Waals surface area contributed by atoms with E-state index in [0.717, 1.165) is 41.5 Å². The first-order valence-corrected chi connectivity index (χ1v) is 12.8. The molecule has 178 valence electrons. The highest BCUT2D eigenvalue weighted by Crippen LogP contribution is 2.29. The lowest BCUT2D eigenvalue weighted by Gasteiger charge is -2.35. The molecule has 2 amide bonds. The zero-order valence-electron chi connectivity index (χ0n) is 19.8. The molecule has 2 aromatic carbocycles. The van der Waals surface area contributed by atoms with Crippen molar-refractivity contribution in [1.29, 1.82) is 0 Å². The van der Waals surface area contributed by atoms with Crippen LogP contribution in [0, 0.1) is 27.7 Å². The number of piperidine rings is 1. The fraction of sp³-hybridized carbons (Fsp3) is 0.440. The smallest absolute Gasteiger partial charge is 0.313 e. The highest BCUT2D eigenvalue weighted by Gasteiger charge is 2.34. The van der Waals surface area contributed by atoms with Gasteiger partial charge in [-0.1, -0.05) is 30.7 Å². The molecule has 33 heavy (non-hydrogen) atoms. The predicted molar refractivity (Wildman–Crippen MR) is 130 cm³/mol. The van der Waals surface area contributed by atoms with Crippen LogP contribution in [0.3, 0.4) is 0 Å². The van der Waals surface area contributed by atoms with Crippen LogP contribution in [0.25, 0.3) is 0 Å². The molecule has 0 aromatic heterocycles. The lowest BCUT2D eigenvalue weighted by molar-refractivity contribution is -0.136. The van der Waals surface area contributed by atoms with Crippen molar-refractivity contribution in [3.05, 3.63) is 58.7 Å². The molecule has 1 fully saturated rings. The highest BCUT2D eigenvalue weighted by molar-refractivity contribution is 7.89. The average Bonchev–Trinajstić information content (AvgIpc) is 2.78. The summed E-state index contributed by atoms with van der Waals surface area (Å²) >= 11 is 0. The maximum atomic E-state index is 13.4. The molecule has 0 saturated carbocycles. The van der Waals surface area contributed by atoms with Crippen LogP contribution in [-0.4, -0.2) is 43.7 Å². The van der Waals surface area contributed by atoms with Gasteiger partial charge in [-0.05, 0) is 81.3 Å². The summed E-state index contributed by atoms with van der Waals surface area (Å²) in [5.74, 6) is -1.46. The Labute approximate surface area is 196 Å². The molecular weight excluding hydrogens is 438 g/mol. The summed E-state index contributed by atoms with van der Waals surface area (Å²) in [6.07, 6.45) is 2.93. The summed E-state index contributed by atoms with van der Waals surface area (Å²) in [5.41, 5.74) is 4.16. The lowest BCUT2D eigenvalue weighted by atomic mass is 10.0. The number of benzene rings is 2. The molecule has 7 nitrogen and oxygen atoms in total. The van der Waals surface area contributed by atoms with Gasteiger partial charge in [0.2, 0.25) is 10.0 Å². The first-order valence-electron chi connectivity index (χ1n) is 11.4. The van der Waals surface area contributed by atoms with Gasteiger partial charge in [0.05, 0.1) is 4.90 Å². The molecule has 8 heteroatoms. The third-order valence-electron chi connectivity index (χ3n) is 6.33. The second kappa shape index (κ2) is 10.5. The van der Waals surface area contributed by atoms with Crippen LogP contribution in [0.2, 0.25) is 0 Å². The van der Waals surface area contributed by atoms with Crippen molar-refractivity contribution in [3.8, 4) is 0 Å². The van der Waals surface area contributed by atoms with Crippen LogP contribution in [0.15, 0.2) is 41.3 Å². The SMILES string of the molecule is Cc1ccc(C)c(S(=O)(=O)N2CCCC[C@H]2CCNC(=O)C(=O)Nc2cccc(C)c2C)c1. The molecule has 3 rings (SSSR count). The molecule has 0 radical (unpaired) electrons. The Balaban J connectivity index is 1.62. The normalized spacial score (nSPS) is 16.9. The van der Waals surface area contributed by atoms with Crippen molar-refractivity contribution >= 4 is 27.5 Å². The van der Waals surface area contributed by atoms with Crippen molar-refractivity contribution in [3.63, 3.8) is 0 Å². The third kappa shape index (κ3) is 5.81. The number of nitrogens with one attached hydrogen (secondary N) is 2. The number of hydrogen-bond acceptors (Lipinski definition) is 4. The molecule has 1 aliphatic heterocycles. The van der Waals surface area contributed by atoms with E-state index in [1.165, 1.54) is 0 Å². The van der Waals surface area contributed by atoms with Gasteiger partial charge in [0.15, 0.2) is 0 Å². The second-order valence-corrected chi connectivity index (χ2v) is 10.6. The molecule has 2 N–H and O–H groups in total. The minimum Gasteiger partial charge on any atom is -0.348 e. The quantitative estimate of drug-likeness (QED) is 0.629. The monoisotopic (exact) mass is 471 g/mol. The van der Waals surface area contributed by atoms with Gasteiger partial charge in [-0.15, -0.1) is 0 Å². The summed E-state index contributed by atoms with van der Waals surface area (Å²) < 4.78 is 28.4. The second-order valence-electron chi connectivity index (χ2n) is 8.78. The van der Waals surface area contributed by atoms with Crippen molar-refractivity contribution in [2.75, 3.05) is 18.4 Å². The van der Waals surface area contributed by atoms with E-state index < -0.39 is 21.8 Å². The summed E-state index contributed by atoms with van der Waals surface area (Å²) in [7, 11) is -3.64. The molecule has 0 spiro atoms. The largest absolute Gasteiger partial charge is 0.348 e. The molecule has 2 aromatic rings. The molecule has 1 atom stereocenters. The van der Waals surface area contributed by atoms with Crippen LogP contribution in [0.5, 0.6) is 0 Å². The standard InChI is InChI=1S/C25H33N3O4S/c1-17-11-12-19(3)23(16-17)33(31,32)28-15-6-5-9-21(28)13-14-26-24(29)25(30)27-22-10-7-8-18(2)20(22)4/h7-8,10-12,16,21H,5-6,9,13-15H2,1-4H3,(H,26,29)(H,27,30)/t21-/m0/s1. The maximum absolute atomic E-state index is 13.4. The van der Waals surface area contributed by atoms with Crippen LogP contribution in [0.4, 0.5) is 5.69 Å². The van der Waals surface area contributed by atoms with Gasteiger partial charge in [-0.25, -0.2) is 8.42 Å². The van der Waals surface area contributed by atoms with E-state index in [1.807, 2.05) is 45.0 Å². The Morgan fingerprint density at radius 1 is 1.00 bits per heavy atom. The van der Waals surface area contributed by atoms with E-state index in [-0.39, 0.29) is 12.6 Å². The fourth-order valence-electron chi connectivity index (χ4n) is 4.19. The minimum absolute atomic E-state index is 0.217. The number of hydrogen-bond donors (Lipinski definition) is 2. The Bertz CT molecular complexity index is 1140. The Kier molecular flexibility index (Phi) is 7.92. The zero-order valence-corrected chi connectivity index (χ0v) is 20.6. The highest BCUT2D eigenvalue weighted by atomic mass is 32.2. The summed E-state index contributed by atoms with van der Waals surface area (Å²) in [5, 5.41) is 5.29. The molecular formula is C25H33N3O4S. The van der Waals surface area contributed by atoms with Gasteiger partial charge in [0, 0.05) is 24.8 Å². The molecule has 1 saturated heterocycles. The van der Waals surface area contributed by atoms with Crippen LogP contribution in [0.1, 0.15) is 47.9 Å². The number of carbonyl (C=O) groups excluding carboxylic acids is 2. The van der Waals surface area contributed by atoms with E-state index in [2.05, 4.69) is 10.6 Å². The Morgan fingerprint density at radius 2 is 1.76 bits per heavy atom. The number of amides is 2. The first-order chi connectivity index (χ1) is 15.6. The summed E-state index contributed by atoms with van der Waals surface area (Å²) in [6, 6.07) is 10.8. The lowest BCUT2D eigenvalue weighted by Crippen LogP contribution is -2.46. The number of nitrogens with zero attached hydrogens (tertiary/aromatic N) is 1. The predicted octanol–water partition coefficient (Wildman–Crippen LogP) is 3.61. The number of sulfonamides is 1. The van der Waals surface area contributed by atoms with Gasteiger partial charge in [0.25, 0.3) is 0 Å². The van der Waals surface area contributed by atoms with Gasteiger partial charge >= 0.3 is 11.8 Å². The van der Waals surface area contributed by atoms with Crippen LogP contribution in [-0.2, 0) is 19.6 Å². The van der Waals surface area contributed by atoms with Crippen molar-refractivity contribution in [2.24, 2.45) is 0 Å². The molecule has 0 unspecified atom stereocenters. The molecule has 0 bridgehead atoms. The van der Waals surface area contributed by atoms with Gasteiger partial charge in [-0.3, -0.25) is 9.59 Å². The first kappa shape index (κ1) is 24.9. The average molecular weight is 472 g/mol. The topological polar surface area (TPSA) is 95.6 Å². The van der Waals surface area contributed by atoms with Gasteiger partial charge < -0.3 is 10.6 Å². The number of carbonyl (C=O) groups is 2. The van der Waals surface area contributed by atoms with Crippen molar-refractivity contribution < 1.29 is 18.0 Å². The van der Waals surface area contributed by atoms with Crippen molar-refractivity contribution in [1.82, 2.24) is 9.62 Å². The van der Waals surface area contributed by atoms with E-state index in [1.54, 1.807) is 23.4 Å². The van der Waals surface area contributed by atoms with Crippen molar-refractivity contribution in [2.45, 2.75) is 64.3 Å². The number of aryl methyl sites for hydroxylation is 3. The summed E-state index contributed by atoms with van der Waals surface area (Å²) in [4.78, 5) is 25.0.